The summed E-state index contributed by atoms with van der Waals surface area (Å²) in [5, 5.41) is -1.01. The number of carbonyl (C=O) groups is 1. The molecule has 0 N–H and O–H groups in total. The minimum absolute atomic E-state index is 0.102. The van der Waals surface area contributed by atoms with Crippen molar-refractivity contribution in [1.29, 1.82) is 0 Å². The molecule has 13 heteroatoms. The van der Waals surface area contributed by atoms with Crippen molar-refractivity contribution >= 4 is 35.3 Å². The van der Waals surface area contributed by atoms with Crippen molar-refractivity contribution in [2.75, 3.05) is 4.90 Å². The van der Waals surface area contributed by atoms with Gasteiger partial charge < -0.3 is 4.74 Å². The molecule has 0 heterocycles. The summed E-state index contributed by atoms with van der Waals surface area (Å²) in [4.78, 5) is 13.8. The summed E-state index contributed by atoms with van der Waals surface area (Å²) >= 11 is 0. The Morgan fingerprint density at radius 2 is 1.47 bits per heavy atom. The van der Waals surface area contributed by atoms with Crippen LogP contribution in [0.2, 0.25) is 0 Å². The highest BCUT2D eigenvalue weighted by Crippen LogP contribution is 2.42. The fraction of sp³-hybridized carbons (Fsp3) is 0.235. The fourth-order valence-corrected chi connectivity index (χ4v) is 2.77. The van der Waals surface area contributed by atoms with Crippen LogP contribution in [0.5, 0.6) is 5.75 Å². The van der Waals surface area contributed by atoms with Gasteiger partial charge in [0, 0.05) is 5.69 Å². The lowest BCUT2D eigenvalue weighted by atomic mass is 9.48. The number of anilines is 1. The lowest BCUT2D eigenvalue weighted by molar-refractivity contribution is -0.143. The molecule has 2 aromatic rings. The molecule has 0 bridgehead atoms. The molecule has 0 aromatic heterocycles. The third kappa shape index (κ3) is 5.31. The quantitative estimate of drug-likeness (QED) is 0.553. The van der Waals surface area contributed by atoms with Crippen LogP contribution in [0.25, 0.3) is 0 Å². The predicted octanol–water partition coefficient (Wildman–Crippen LogP) is 2.69. The number of nitrogens with zero attached hydrogens (tertiary/aromatic N) is 1. The van der Waals surface area contributed by atoms with Crippen LogP contribution in [0.3, 0.4) is 0 Å². The van der Waals surface area contributed by atoms with Gasteiger partial charge in [0.1, 0.15) is 35.1 Å². The topological polar surface area (TPSA) is 29.5 Å². The first-order valence-corrected chi connectivity index (χ1v) is 8.58. The summed E-state index contributed by atoms with van der Waals surface area (Å²) in [7, 11) is 4.67. The maximum atomic E-state index is 13.4. The van der Waals surface area contributed by atoms with E-state index >= 15 is 0 Å². The van der Waals surface area contributed by atoms with Gasteiger partial charge >= 0.3 is 18.4 Å². The first kappa shape index (κ1) is 23.7. The smallest absolute Gasteiger partial charge is 0.409 e. The van der Waals surface area contributed by atoms with E-state index in [9.17, 15) is 35.5 Å². The first-order chi connectivity index (χ1) is 13.5. The van der Waals surface area contributed by atoms with E-state index in [1.165, 1.54) is 12.1 Å². The number of rotatable bonds is 3. The van der Waals surface area contributed by atoms with Crippen molar-refractivity contribution in [3.63, 3.8) is 0 Å². The summed E-state index contributed by atoms with van der Waals surface area (Å²) in [6, 6.07) is 4.92. The summed E-state index contributed by atoms with van der Waals surface area (Å²) in [5.74, 6) is -1.63. The fourth-order valence-electron chi connectivity index (χ4n) is 2.77. The van der Waals surface area contributed by atoms with Crippen molar-refractivity contribution in [1.82, 2.24) is 0 Å². The number of carbonyl (C=O) groups excluding carboxylic acids is 1. The Bertz CT molecular complexity index is 939. The second-order valence-electron chi connectivity index (χ2n) is 7.52. The van der Waals surface area contributed by atoms with Crippen LogP contribution in [-0.4, -0.2) is 34.9 Å². The number of amides is 1. The molecule has 0 unspecified atom stereocenters. The van der Waals surface area contributed by atoms with Crippen LogP contribution in [0, 0.1) is 12.7 Å². The minimum Gasteiger partial charge on any atom is -0.409 e. The van der Waals surface area contributed by atoms with Crippen LogP contribution in [0.1, 0.15) is 16.7 Å². The summed E-state index contributed by atoms with van der Waals surface area (Å²) < 4.78 is 97.3. The van der Waals surface area contributed by atoms with Gasteiger partial charge in [0.25, 0.3) is 0 Å². The molecule has 2 aromatic carbocycles. The van der Waals surface area contributed by atoms with Gasteiger partial charge in [0.05, 0.1) is 11.1 Å². The molecule has 0 atom stereocenters. The number of benzene rings is 2. The molecule has 0 fully saturated rings. The number of hydrogen-bond acceptors (Lipinski definition) is 2. The molecule has 0 aliphatic heterocycles. The molecule has 30 heavy (non-hydrogen) atoms. The number of alkyl halides is 6. The zero-order chi connectivity index (χ0) is 23.1. The zero-order valence-corrected chi connectivity index (χ0v) is 16.4. The van der Waals surface area contributed by atoms with Crippen LogP contribution in [0.4, 0.5) is 41.2 Å². The normalized spacial score (nSPS) is 12.5. The largest absolute Gasteiger partial charge is 0.420 e. The summed E-state index contributed by atoms with van der Waals surface area (Å²) in [6.45, 7) is 0.979. The Kier molecular flexibility index (Phi) is 6.25. The van der Waals surface area contributed by atoms with Gasteiger partial charge in [-0.1, -0.05) is 0 Å². The van der Waals surface area contributed by atoms with Gasteiger partial charge in [-0.3, -0.25) is 4.90 Å². The Hall–Kier alpha value is -2.59. The van der Waals surface area contributed by atoms with Gasteiger partial charge in [-0.2, -0.15) is 26.3 Å². The van der Waals surface area contributed by atoms with Gasteiger partial charge in [-0.15, -0.1) is 0 Å². The lowest BCUT2D eigenvalue weighted by Gasteiger charge is -2.35. The van der Waals surface area contributed by atoms with Gasteiger partial charge in [0.2, 0.25) is 0 Å². The van der Waals surface area contributed by atoms with E-state index in [1.807, 2.05) is 0 Å². The standard InChI is InChI=1S/C17H15B3F7NO2/c1-8-6-9(15(22,23)24)7-12(16(25,26)27)13(8)30-14(29)28(17(18,19)20)11-4-2-10(21)3-5-11/h2-7H,18-20H2,1H3. The zero-order valence-electron chi connectivity index (χ0n) is 16.4. The van der Waals surface area contributed by atoms with Crippen LogP contribution in [-0.2, 0) is 12.4 Å². The Labute approximate surface area is 170 Å². The molecule has 0 aliphatic carbocycles. The number of aryl methyl sites for hydroxylation is 1. The van der Waals surface area contributed by atoms with E-state index in [-0.39, 0.29) is 11.8 Å². The second kappa shape index (κ2) is 7.92. The van der Waals surface area contributed by atoms with Gasteiger partial charge in [0.15, 0.2) is 0 Å². The lowest BCUT2D eigenvalue weighted by Crippen LogP contribution is -2.55. The highest BCUT2D eigenvalue weighted by molar-refractivity contribution is 6.62. The Morgan fingerprint density at radius 3 is 1.90 bits per heavy atom. The van der Waals surface area contributed by atoms with Crippen molar-refractivity contribution in [2.24, 2.45) is 0 Å². The number of halogens is 7. The predicted molar refractivity (Wildman–Crippen MR) is 104 cm³/mol. The van der Waals surface area contributed by atoms with Crippen LogP contribution in [0.15, 0.2) is 36.4 Å². The maximum Gasteiger partial charge on any atom is 0.420 e. The molecule has 0 spiro atoms. The average molecular weight is 431 g/mol. The van der Waals surface area contributed by atoms with Crippen molar-refractivity contribution < 1.29 is 40.3 Å². The minimum atomic E-state index is -5.20. The molecule has 0 saturated heterocycles. The average Bonchev–Trinajstić information content (AvgIpc) is 2.55. The van der Waals surface area contributed by atoms with E-state index in [4.69, 9.17) is 4.74 Å². The van der Waals surface area contributed by atoms with Crippen LogP contribution >= 0.6 is 0 Å². The molecule has 1 amide bonds. The Morgan fingerprint density at radius 1 is 0.933 bits per heavy atom. The number of hydrogen-bond donors (Lipinski definition) is 0. The molecular formula is C17H15B3F7NO2. The highest BCUT2D eigenvalue weighted by atomic mass is 19.4. The van der Waals surface area contributed by atoms with Gasteiger partial charge in [-0.25, -0.2) is 9.18 Å². The van der Waals surface area contributed by atoms with Crippen molar-refractivity contribution in [2.45, 2.75) is 24.5 Å². The van der Waals surface area contributed by atoms with Gasteiger partial charge in [-0.05, 0) is 54.1 Å². The molecule has 2 rings (SSSR count). The third-order valence-electron chi connectivity index (χ3n) is 4.03. The van der Waals surface area contributed by atoms with E-state index in [0.717, 1.165) is 24.0 Å². The second-order valence-corrected chi connectivity index (χ2v) is 7.52. The molecule has 0 aliphatic rings. The maximum absolute atomic E-state index is 13.4. The van der Waals surface area contributed by atoms with E-state index in [1.54, 1.807) is 23.5 Å². The van der Waals surface area contributed by atoms with E-state index in [0.29, 0.717) is 6.07 Å². The summed E-state index contributed by atoms with van der Waals surface area (Å²) in [6.07, 6.45) is -11.5. The van der Waals surface area contributed by atoms with E-state index < -0.39 is 51.9 Å². The first-order valence-electron chi connectivity index (χ1n) is 8.58. The van der Waals surface area contributed by atoms with E-state index in [2.05, 4.69) is 0 Å². The molecule has 158 valence electrons. The third-order valence-corrected chi connectivity index (χ3v) is 4.03. The molecular weight excluding hydrogens is 416 g/mol. The SMILES string of the molecule is BC(B)(B)N(C(=O)Oc1c(C)cc(C(F)(F)F)cc1C(F)(F)F)c1ccc(F)cc1. The van der Waals surface area contributed by atoms with Crippen molar-refractivity contribution in [3.8, 4) is 5.75 Å². The Balaban J connectivity index is 2.56. The molecule has 0 saturated carbocycles. The molecule has 3 nitrogen and oxygen atoms in total. The monoisotopic (exact) mass is 431 g/mol. The number of ether oxygens (including phenoxy) is 1. The summed E-state index contributed by atoms with van der Waals surface area (Å²) in [5.41, 5.74) is -3.63. The highest BCUT2D eigenvalue weighted by Gasteiger charge is 2.41. The van der Waals surface area contributed by atoms with Crippen molar-refractivity contribution in [3.05, 3.63) is 58.9 Å². The van der Waals surface area contributed by atoms with Crippen LogP contribution < -0.4 is 9.64 Å². The molecule has 0 radical (unpaired) electrons.